The van der Waals surface area contributed by atoms with Crippen molar-refractivity contribution < 1.29 is 10.2 Å². The quantitative estimate of drug-likeness (QED) is 0.720. The number of hydrogen-bond acceptors (Lipinski definition) is 3. The summed E-state index contributed by atoms with van der Waals surface area (Å²) in [7, 11) is 0. The maximum atomic E-state index is 9.63. The molecule has 0 saturated carbocycles. The molecule has 0 saturated heterocycles. The lowest BCUT2D eigenvalue weighted by Gasteiger charge is -2.12. The van der Waals surface area contributed by atoms with Gasteiger partial charge in [-0.2, -0.15) is 0 Å². The first-order valence-corrected chi connectivity index (χ1v) is 5.34. The molecule has 2 N–H and O–H groups in total. The average Bonchev–Trinajstić information content (AvgIpc) is 2.29. The molecule has 13 heavy (non-hydrogen) atoms. The first-order valence-electron chi connectivity index (χ1n) is 4.26. The summed E-state index contributed by atoms with van der Waals surface area (Å²) < 4.78 is 0.930. The molecule has 0 radical (unpaired) electrons. The molecule has 1 aliphatic heterocycles. The molecule has 3 nitrogen and oxygen atoms in total. The summed E-state index contributed by atoms with van der Waals surface area (Å²) in [5.41, 5.74) is 1.29. The Kier molecular flexibility index (Phi) is 3.48. The van der Waals surface area contributed by atoms with Crippen molar-refractivity contribution in [3.8, 4) is 0 Å². The lowest BCUT2D eigenvalue weighted by Crippen LogP contribution is -2.31. The van der Waals surface area contributed by atoms with E-state index in [-0.39, 0.29) is 5.92 Å². The largest absolute Gasteiger partial charge is 0.384 e. The zero-order chi connectivity index (χ0) is 10.2. The van der Waals surface area contributed by atoms with Crippen LogP contribution in [-0.2, 0) is 0 Å². The summed E-state index contributed by atoms with van der Waals surface area (Å²) in [6.45, 7) is 5.79. The smallest absolute Gasteiger partial charge is 0.128 e. The maximum absolute atomic E-state index is 9.63. The molecule has 0 aromatic rings. The summed E-state index contributed by atoms with van der Waals surface area (Å²) >= 11 is 2.10. The van der Waals surface area contributed by atoms with E-state index in [1.165, 1.54) is 0 Å². The van der Waals surface area contributed by atoms with Crippen LogP contribution in [0.2, 0.25) is 0 Å². The van der Waals surface area contributed by atoms with Crippen LogP contribution in [0.1, 0.15) is 20.8 Å². The Morgan fingerprint density at radius 3 is 2.15 bits per heavy atom. The van der Waals surface area contributed by atoms with Crippen LogP contribution in [0, 0.1) is 5.92 Å². The van der Waals surface area contributed by atoms with Crippen molar-refractivity contribution in [3.05, 3.63) is 9.28 Å². The second kappa shape index (κ2) is 4.06. The number of aliphatic hydroxyl groups excluding tert-OH is 2. The van der Waals surface area contributed by atoms with Gasteiger partial charge in [-0.1, -0.05) is 13.8 Å². The predicted octanol–water partition coefficient (Wildman–Crippen LogP) is 1.49. The minimum absolute atomic E-state index is 0.179. The van der Waals surface area contributed by atoms with Gasteiger partial charge in [0.2, 0.25) is 0 Å². The number of nitrogens with zero attached hydrogens (tertiary/aromatic N) is 1. The molecular weight excluding hydrogens is 281 g/mol. The van der Waals surface area contributed by atoms with Crippen molar-refractivity contribution in [1.29, 1.82) is 0 Å². The number of aliphatic imine (C=N–C) groups is 1. The van der Waals surface area contributed by atoms with Gasteiger partial charge in [-0.3, -0.25) is 4.99 Å². The van der Waals surface area contributed by atoms with Crippen molar-refractivity contribution in [1.82, 2.24) is 0 Å². The molecule has 0 aliphatic carbocycles. The highest BCUT2D eigenvalue weighted by molar-refractivity contribution is 14.1. The van der Waals surface area contributed by atoms with Crippen LogP contribution in [0.25, 0.3) is 0 Å². The molecule has 0 spiro atoms. The number of allylic oxidation sites excluding steroid dienone is 1. The minimum Gasteiger partial charge on any atom is -0.384 e. The number of aliphatic hydroxyl groups is 2. The van der Waals surface area contributed by atoms with E-state index >= 15 is 0 Å². The summed E-state index contributed by atoms with van der Waals surface area (Å²) in [4.78, 5) is 4.24. The number of rotatable bonds is 1. The second-order valence-electron chi connectivity index (χ2n) is 3.50. The van der Waals surface area contributed by atoms with E-state index in [1.54, 1.807) is 0 Å². The Balaban J connectivity index is 3.03. The maximum Gasteiger partial charge on any atom is 0.128 e. The normalized spacial score (nSPS) is 32.4. The first kappa shape index (κ1) is 11.1. The third kappa shape index (κ3) is 2.11. The van der Waals surface area contributed by atoms with E-state index in [4.69, 9.17) is 0 Å². The third-order valence-corrected chi connectivity index (χ3v) is 2.63. The van der Waals surface area contributed by atoms with Gasteiger partial charge >= 0.3 is 0 Å². The highest BCUT2D eigenvalue weighted by Crippen LogP contribution is 2.27. The molecule has 2 atom stereocenters. The Morgan fingerprint density at radius 1 is 1.38 bits per heavy atom. The fourth-order valence-electron chi connectivity index (χ4n) is 1.33. The molecular formula is C9H14INO2. The van der Waals surface area contributed by atoms with Gasteiger partial charge in [0, 0.05) is 3.58 Å². The van der Waals surface area contributed by atoms with Crippen LogP contribution >= 0.6 is 22.6 Å². The van der Waals surface area contributed by atoms with Gasteiger partial charge in [0.05, 0.1) is 11.4 Å². The van der Waals surface area contributed by atoms with Crippen LogP contribution in [0.3, 0.4) is 0 Å². The van der Waals surface area contributed by atoms with Crippen molar-refractivity contribution in [2.45, 2.75) is 33.0 Å². The van der Waals surface area contributed by atoms with E-state index in [2.05, 4.69) is 27.6 Å². The van der Waals surface area contributed by atoms with Crippen molar-refractivity contribution in [2.24, 2.45) is 10.9 Å². The van der Waals surface area contributed by atoms with Crippen LogP contribution in [0.15, 0.2) is 14.3 Å². The van der Waals surface area contributed by atoms with Gasteiger partial charge in [-0.15, -0.1) is 0 Å². The summed E-state index contributed by atoms with van der Waals surface area (Å²) in [6.07, 6.45) is -1.66. The SMILES string of the molecule is C/C(I)=C1\N=C(C(C)C)C(O)C1O. The number of hydrogen-bond donors (Lipinski definition) is 2. The minimum atomic E-state index is -0.839. The molecule has 1 aliphatic rings. The zero-order valence-electron chi connectivity index (χ0n) is 7.95. The van der Waals surface area contributed by atoms with Gasteiger partial charge in [0.15, 0.2) is 0 Å². The Hall–Kier alpha value is 0.0600. The molecule has 0 bridgehead atoms. The first-order chi connectivity index (χ1) is 5.95. The van der Waals surface area contributed by atoms with Gasteiger partial charge in [0.1, 0.15) is 12.2 Å². The van der Waals surface area contributed by atoms with Crippen molar-refractivity contribution >= 4 is 28.3 Å². The molecule has 2 unspecified atom stereocenters. The Bertz CT molecular complexity index is 267. The van der Waals surface area contributed by atoms with Gasteiger partial charge in [0.25, 0.3) is 0 Å². The fraction of sp³-hybridized carbons (Fsp3) is 0.667. The molecule has 74 valence electrons. The van der Waals surface area contributed by atoms with Crippen molar-refractivity contribution in [3.63, 3.8) is 0 Å². The van der Waals surface area contributed by atoms with Crippen LogP contribution in [-0.4, -0.2) is 28.1 Å². The van der Waals surface area contributed by atoms with E-state index < -0.39 is 12.2 Å². The molecule has 1 heterocycles. The molecule has 1 rings (SSSR count). The summed E-state index contributed by atoms with van der Waals surface area (Å²) in [6, 6.07) is 0. The lowest BCUT2D eigenvalue weighted by molar-refractivity contribution is 0.0906. The molecule has 0 fully saturated rings. The van der Waals surface area contributed by atoms with E-state index in [9.17, 15) is 10.2 Å². The van der Waals surface area contributed by atoms with Crippen LogP contribution in [0.5, 0.6) is 0 Å². The van der Waals surface area contributed by atoms with E-state index in [0.717, 1.165) is 3.58 Å². The lowest BCUT2D eigenvalue weighted by atomic mass is 10.0. The van der Waals surface area contributed by atoms with E-state index in [0.29, 0.717) is 11.4 Å². The second-order valence-corrected chi connectivity index (χ2v) is 5.12. The Morgan fingerprint density at radius 2 is 1.92 bits per heavy atom. The summed E-state index contributed by atoms with van der Waals surface area (Å²) in [5.74, 6) is 0.179. The predicted molar refractivity (Wildman–Crippen MR) is 61.0 cm³/mol. The molecule has 0 aromatic carbocycles. The monoisotopic (exact) mass is 295 g/mol. The third-order valence-electron chi connectivity index (χ3n) is 2.08. The van der Waals surface area contributed by atoms with Gasteiger partial charge in [-0.25, -0.2) is 0 Å². The highest BCUT2D eigenvalue weighted by Gasteiger charge is 2.34. The van der Waals surface area contributed by atoms with Gasteiger partial charge in [-0.05, 0) is 35.4 Å². The van der Waals surface area contributed by atoms with Gasteiger partial charge < -0.3 is 10.2 Å². The Labute approximate surface area is 91.7 Å². The molecule has 0 amide bonds. The fourth-order valence-corrected chi connectivity index (χ4v) is 1.77. The zero-order valence-corrected chi connectivity index (χ0v) is 10.1. The highest BCUT2D eigenvalue weighted by atomic mass is 127. The summed E-state index contributed by atoms with van der Waals surface area (Å²) in [5, 5.41) is 19.2. The topological polar surface area (TPSA) is 52.8 Å². The van der Waals surface area contributed by atoms with Crippen LogP contribution < -0.4 is 0 Å². The van der Waals surface area contributed by atoms with E-state index in [1.807, 2.05) is 20.8 Å². The van der Waals surface area contributed by atoms with Crippen LogP contribution in [0.4, 0.5) is 0 Å². The van der Waals surface area contributed by atoms with Crippen molar-refractivity contribution in [2.75, 3.05) is 0 Å². The average molecular weight is 295 g/mol. The molecule has 0 aromatic heterocycles. The number of halogens is 1. The molecule has 4 heteroatoms. The standard InChI is InChI=1S/C9H14INO2/c1-4(2)6-8(12)9(13)7(11-6)5(3)10/h4,8-9,12-13H,1-3H3/b7-5+.